The van der Waals surface area contributed by atoms with E-state index in [1.54, 1.807) is 31.4 Å². The molecule has 1 atom stereocenters. The molecule has 3 rings (SSSR count). The predicted molar refractivity (Wildman–Crippen MR) is 102 cm³/mol. The maximum absolute atomic E-state index is 12.7. The molecule has 132 valence electrons. The third-order valence-electron chi connectivity index (χ3n) is 3.91. The first-order chi connectivity index (χ1) is 12.7. The van der Waals surface area contributed by atoms with Gasteiger partial charge in [0.2, 0.25) is 0 Å². The zero-order valence-electron chi connectivity index (χ0n) is 14.3. The van der Waals surface area contributed by atoms with Crippen molar-refractivity contribution < 1.29 is 18.5 Å². The molecule has 0 saturated heterocycles. The number of methoxy groups -OCH3 is 2. The fraction of sp³-hybridized carbons (Fsp3) is 0.100. The van der Waals surface area contributed by atoms with Crippen LogP contribution in [0.15, 0.2) is 70.0 Å². The molecule has 3 aromatic rings. The van der Waals surface area contributed by atoms with Crippen LogP contribution in [0.2, 0.25) is 0 Å². The third-order valence-corrected chi connectivity index (χ3v) is 4.94. The fourth-order valence-electron chi connectivity index (χ4n) is 2.64. The van der Waals surface area contributed by atoms with Gasteiger partial charge in [0.25, 0.3) is 0 Å². The zero-order valence-corrected chi connectivity index (χ0v) is 15.2. The summed E-state index contributed by atoms with van der Waals surface area (Å²) in [4.78, 5) is 12.2. The lowest BCUT2D eigenvalue weighted by atomic mass is 10.0. The van der Waals surface area contributed by atoms with Crippen LogP contribution in [0.5, 0.6) is 5.75 Å². The van der Waals surface area contributed by atoms with Crippen molar-refractivity contribution in [3.8, 4) is 5.75 Å². The Morgan fingerprint density at radius 1 is 1.00 bits per heavy atom. The molecule has 0 amide bonds. The number of hydrogen-bond donors (Lipinski definition) is 0. The normalized spacial score (nSPS) is 12.2. The van der Waals surface area contributed by atoms with Crippen LogP contribution >= 0.6 is 0 Å². The van der Waals surface area contributed by atoms with Crippen LogP contribution in [0.25, 0.3) is 10.8 Å². The first kappa shape index (κ1) is 17.8. The van der Waals surface area contributed by atoms with Gasteiger partial charge >= 0.3 is 5.97 Å². The Hall–Kier alpha value is -2.99. The number of carbonyl (C=O) groups excluding carboxylic acids is 1. The molecule has 3 aromatic carbocycles. The molecule has 0 aromatic heterocycles. The van der Waals surface area contributed by atoms with E-state index in [2.05, 4.69) is 4.40 Å². The molecule has 6 heteroatoms. The Labute approximate surface area is 153 Å². The monoisotopic (exact) mass is 367 g/mol. The average molecular weight is 367 g/mol. The van der Waals surface area contributed by atoms with Gasteiger partial charge in [0.15, 0.2) is 11.0 Å². The fourth-order valence-corrected chi connectivity index (χ4v) is 3.49. The van der Waals surface area contributed by atoms with Crippen LogP contribution in [0, 0.1) is 0 Å². The van der Waals surface area contributed by atoms with E-state index in [4.69, 9.17) is 9.47 Å². The van der Waals surface area contributed by atoms with Crippen LogP contribution in [-0.2, 0) is 15.7 Å². The number of ether oxygens (including phenoxy) is 2. The second-order valence-electron chi connectivity index (χ2n) is 5.37. The average Bonchev–Trinajstić information content (AvgIpc) is 2.70. The summed E-state index contributed by atoms with van der Waals surface area (Å²) in [5.74, 6) is 0.0811. The molecule has 26 heavy (non-hydrogen) atoms. The molecule has 0 radical (unpaired) electrons. The second-order valence-corrected chi connectivity index (χ2v) is 6.52. The second kappa shape index (κ2) is 7.93. The summed E-state index contributed by atoms with van der Waals surface area (Å²) in [5.41, 5.74) is 0.963. The minimum Gasteiger partial charge on any atom is -0.496 e. The highest BCUT2D eigenvalue weighted by Gasteiger charge is 2.15. The van der Waals surface area contributed by atoms with E-state index in [0.717, 1.165) is 16.3 Å². The van der Waals surface area contributed by atoms with Crippen molar-refractivity contribution in [2.45, 2.75) is 4.90 Å². The highest BCUT2D eigenvalue weighted by Crippen LogP contribution is 2.27. The Bertz CT molecular complexity index is 1010. The SMILES string of the molecule is COC(=O)c1ccccc1S(=O)/N=C/c1c(OC)ccc2ccccc12. The summed E-state index contributed by atoms with van der Waals surface area (Å²) in [5, 5.41) is 1.96. The molecule has 0 fully saturated rings. The zero-order chi connectivity index (χ0) is 18.5. The van der Waals surface area contributed by atoms with Gasteiger partial charge in [0, 0.05) is 11.8 Å². The summed E-state index contributed by atoms with van der Waals surface area (Å²) >= 11 is 0. The van der Waals surface area contributed by atoms with Gasteiger partial charge in [-0.25, -0.2) is 9.00 Å². The Kier molecular flexibility index (Phi) is 5.43. The molecule has 0 aliphatic carbocycles. The third kappa shape index (κ3) is 3.50. The molecule has 0 aliphatic heterocycles. The van der Waals surface area contributed by atoms with E-state index < -0.39 is 17.0 Å². The molecule has 5 nitrogen and oxygen atoms in total. The Morgan fingerprint density at radius 3 is 2.50 bits per heavy atom. The first-order valence-corrected chi connectivity index (χ1v) is 8.95. The van der Waals surface area contributed by atoms with Crippen molar-refractivity contribution in [3.05, 3.63) is 71.8 Å². The standard InChI is InChI=1S/C20H17NO4S/c1-24-18-12-11-14-7-3-4-8-15(14)17(18)13-21-26(23)19-10-6-5-9-16(19)20(22)25-2/h3-13H,1-2H3/b21-13+. The Morgan fingerprint density at radius 2 is 1.73 bits per heavy atom. The minimum atomic E-state index is -1.76. The van der Waals surface area contributed by atoms with Crippen molar-refractivity contribution in [2.24, 2.45) is 4.40 Å². The van der Waals surface area contributed by atoms with Crippen LogP contribution in [0.1, 0.15) is 15.9 Å². The van der Waals surface area contributed by atoms with Crippen LogP contribution in [-0.4, -0.2) is 30.6 Å². The highest BCUT2D eigenvalue weighted by atomic mass is 32.2. The Balaban J connectivity index is 2.03. The van der Waals surface area contributed by atoms with Gasteiger partial charge in [0.1, 0.15) is 5.75 Å². The van der Waals surface area contributed by atoms with Crippen molar-refractivity contribution in [1.82, 2.24) is 0 Å². The van der Waals surface area contributed by atoms with E-state index in [-0.39, 0.29) is 5.56 Å². The van der Waals surface area contributed by atoms with Crippen molar-refractivity contribution in [3.63, 3.8) is 0 Å². The largest absolute Gasteiger partial charge is 0.496 e. The molecule has 1 unspecified atom stereocenters. The molecular weight excluding hydrogens is 350 g/mol. The van der Waals surface area contributed by atoms with Crippen LogP contribution in [0.4, 0.5) is 0 Å². The quantitative estimate of drug-likeness (QED) is 0.508. The summed E-state index contributed by atoms with van der Waals surface area (Å²) in [6, 6.07) is 18.1. The smallest absolute Gasteiger partial charge is 0.339 e. The van der Waals surface area contributed by atoms with Gasteiger partial charge in [-0.3, -0.25) is 0 Å². The summed E-state index contributed by atoms with van der Waals surface area (Å²) in [6.45, 7) is 0. The van der Waals surface area contributed by atoms with Crippen molar-refractivity contribution in [2.75, 3.05) is 14.2 Å². The van der Waals surface area contributed by atoms with Gasteiger partial charge in [-0.15, -0.1) is 0 Å². The molecule has 0 heterocycles. The lowest BCUT2D eigenvalue weighted by Crippen LogP contribution is -2.06. The van der Waals surface area contributed by atoms with E-state index in [1.807, 2.05) is 36.4 Å². The van der Waals surface area contributed by atoms with Gasteiger partial charge < -0.3 is 9.47 Å². The minimum absolute atomic E-state index is 0.232. The van der Waals surface area contributed by atoms with Gasteiger partial charge in [-0.2, -0.15) is 4.40 Å². The molecule has 0 bridgehead atoms. The maximum atomic E-state index is 12.7. The van der Waals surface area contributed by atoms with Crippen LogP contribution in [0.3, 0.4) is 0 Å². The maximum Gasteiger partial charge on any atom is 0.339 e. The van der Waals surface area contributed by atoms with Crippen molar-refractivity contribution in [1.29, 1.82) is 0 Å². The number of fused-ring (bicyclic) bond motifs is 1. The van der Waals surface area contributed by atoms with E-state index >= 15 is 0 Å². The molecule has 0 aliphatic rings. The van der Waals surface area contributed by atoms with Gasteiger partial charge in [-0.05, 0) is 29.0 Å². The number of benzene rings is 3. The highest BCUT2D eigenvalue weighted by molar-refractivity contribution is 7.84. The number of esters is 1. The van der Waals surface area contributed by atoms with E-state index in [9.17, 15) is 9.00 Å². The molecule has 0 spiro atoms. The topological polar surface area (TPSA) is 65.0 Å². The van der Waals surface area contributed by atoms with E-state index in [1.165, 1.54) is 13.3 Å². The first-order valence-electron chi connectivity index (χ1n) is 7.84. The van der Waals surface area contributed by atoms with E-state index in [0.29, 0.717) is 10.6 Å². The van der Waals surface area contributed by atoms with Crippen LogP contribution < -0.4 is 4.74 Å². The molecule has 0 saturated carbocycles. The lowest BCUT2D eigenvalue weighted by molar-refractivity contribution is 0.0596. The summed E-state index contributed by atoms with van der Waals surface area (Å²) < 4.78 is 27.0. The summed E-state index contributed by atoms with van der Waals surface area (Å²) in [6.07, 6.45) is 1.52. The predicted octanol–water partition coefficient (Wildman–Crippen LogP) is 3.78. The van der Waals surface area contributed by atoms with Gasteiger partial charge in [-0.1, -0.05) is 42.5 Å². The number of carbonyl (C=O) groups is 1. The number of rotatable bonds is 5. The number of hydrogen-bond acceptors (Lipinski definition) is 4. The molecular formula is C20H17NO4S. The molecule has 0 N–H and O–H groups in total. The lowest BCUT2D eigenvalue weighted by Gasteiger charge is -2.08. The number of nitrogens with zero attached hydrogens (tertiary/aromatic N) is 1. The summed E-state index contributed by atoms with van der Waals surface area (Å²) in [7, 11) is 1.10. The van der Waals surface area contributed by atoms with Gasteiger partial charge in [0.05, 0.1) is 24.7 Å². The van der Waals surface area contributed by atoms with Crippen molar-refractivity contribution >= 4 is 33.9 Å².